The largest absolute Gasteiger partial charge is 0.370 e. The van der Waals surface area contributed by atoms with Crippen molar-refractivity contribution >= 4 is 29.1 Å². The Bertz CT molecular complexity index is 428. The smallest absolute Gasteiger partial charge is 0.254 e. The Hall–Kier alpha value is -0.810. The monoisotopic (exact) mass is 303 g/mol. The third-order valence-electron chi connectivity index (χ3n) is 3.15. The van der Waals surface area contributed by atoms with Gasteiger partial charge in [-0.3, -0.25) is 4.79 Å². The lowest BCUT2D eigenvalue weighted by molar-refractivity contribution is -0.906. The SMILES string of the molecule is O=C(NCC[NH+]1CCOCC1)c1c(Cl)cccc1Cl. The van der Waals surface area contributed by atoms with Crippen LogP contribution in [0.2, 0.25) is 10.0 Å². The molecule has 1 aliphatic rings. The summed E-state index contributed by atoms with van der Waals surface area (Å²) in [5.74, 6) is -0.219. The van der Waals surface area contributed by atoms with Crippen LogP contribution < -0.4 is 10.2 Å². The number of ether oxygens (including phenoxy) is 1. The molecule has 2 rings (SSSR count). The number of benzene rings is 1. The molecule has 1 aromatic carbocycles. The van der Waals surface area contributed by atoms with E-state index in [0.29, 0.717) is 22.2 Å². The van der Waals surface area contributed by atoms with E-state index in [2.05, 4.69) is 5.32 Å². The fourth-order valence-electron chi connectivity index (χ4n) is 2.07. The molecule has 104 valence electrons. The second kappa shape index (κ2) is 7.10. The summed E-state index contributed by atoms with van der Waals surface area (Å²) >= 11 is 12.0. The van der Waals surface area contributed by atoms with E-state index < -0.39 is 0 Å². The second-order valence-electron chi connectivity index (χ2n) is 4.46. The fraction of sp³-hybridized carbons (Fsp3) is 0.462. The number of hydrogen-bond donors (Lipinski definition) is 2. The van der Waals surface area contributed by atoms with E-state index in [1.807, 2.05) is 0 Å². The molecule has 0 spiro atoms. The van der Waals surface area contributed by atoms with Crippen molar-refractivity contribution < 1.29 is 14.4 Å². The highest BCUT2D eigenvalue weighted by molar-refractivity contribution is 6.39. The lowest BCUT2D eigenvalue weighted by Crippen LogP contribution is -3.14. The molecule has 4 nitrogen and oxygen atoms in total. The van der Waals surface area contributed by atoms with Crippen molar-refractivity contribution in [2.45, 2.75) is 0 Å². The molecule has 1 aromatic rings. The van der Waals surface area contributed by atoms with Crippen LogP contribution in [0.15, 0.2) is 18.2 Å². The van der Waals surface area contributed by atoms with Gasteiger partial charge in [0.2, 0.25) is 0 Å². The fourth-order valence-corrected chi connectivity index (χ4v) is 2.64. The summed E-state index contributed by atoms with van der Waals surface area (Å²) in [6, 6.07) is 5.05. The molecule has 0 aromatic heterocycles. The Balaban J connectivity index is 1.84. The highest BCUT2D eigenvalue weighted by Gasteiger charge is 2.16. The molecule has 1 heterocycles. The van der Waals surface area contributed by atoms with E-state index >= 15 is 0 Å². The van der Waals surface area contributed by atoms with Crippen molar-refractivity contribution in [3.63, 3.8) is 0 Å². The Morgan fingerprint density at radius 1 is 1.26 bits per heavy atom. The minimum atomic E-state index is -0.219. The number of halogens is 2. The molecule has 19 heavy (non-hydrogen) atoms. The van der Waals surface area contributed by atoms with Gasteiger partial charge < -0.3 is 15.0 Å². The van der Waals surface area contributed by atoms with Crippen molar-refractivity contribution in [1.82, 2.24) is 5.32 Å². The number of morpholine rings is 1. The van der Waals surface area contributed by atoms with Crippen molar-refractivity contribution in [2.75, 3.05) is 39.4 Å². The van der Waals surface area contributed by atoms with Crippen LogP contribution in [0.1, 0.15) is 10.4 Å². The van der Waals surface area contributed by atoms with Gasteiger partial charge in [-0.2, -0.15) is 0 Å². The highest BCUT2D eigenvalue weighted by atomic mass is 35.5. The van der Waals surface area contributed by atoms with Gasteiger partial charge in [0.15, 0.2) is 0 Å². The normalized spacial score (nSPS) is 16.3. The highest BCUT2D eigenvalue weighted by Crippen LogP contribution is 2.23. The maximum absolute atomic E-state index is 12.0. The summed E-state index contributed by atoms with van der Waals surface area (Å²) in [7, 11) is 0. The van der Waals surface area contributed by atoms with Gasteiger partial charge in [0.05, 0.1) is 41.9 Å². The van der Waals surface area contributed by atoms with Gasteiger partial charge in [0.25, 0.3) is 5.91 Å². The molecule has 0 aliphatic carbocycles. The van der Waals surface area contributed by atoms with Gasteiger partial charge in [-0.25, -0.2) is 0 Å². The zero-order valence-corrected chi connectivity index (χ0v) is 12.1. The Morgan fingerprint density at radius 3 is 2.53 bits per heavy atom. The quantitative estimate of drug-likeness (QED) is 0.857. The van der Waals surface area contributed by atoms with E-state index in [1.165, 1.54) is 4.90 Å². The standard InChI is InChI=1S/C13H16Cl2N2O2/c14-10-2-1-3-11(15)12(10)13(18)16-4-5-17-6-8-19-9-7-17/h1-3H,4-9H2,(H,16,18)/p+1. The zero-order valence-electron chi connectivity index (χ0n) is 10.5. The summed E-state index contributed by atoms with van der Waals surface area (Å²) < 4.78 is 5.28. The molecule has 1 amide bonds. The van der Waals surface area contributed by atoms with Crippen molar-refractivity contribution in [2.24, 2.45) is 0 Å². The van der Waals surface area contributed by atoms with Crippen LogP contribution >= 0.6 is 23.2 Å². The Labute approximate surface area is 122 Å². The van der Waals surface area contributed by atoms with Gasteiger partial charge >= 0.3 is 0 Å². The topological polar surface area (TPSA) is 42.8 Å². The van der Waals surface area contributed by atoms with Crippen LogP contribution in [0.4, 0.5) is 0 Å². The van der Waals surface area contributed by atoms with E-state index in [0.717, 1.165) is 32.8 Å². The first-order valence-electron chi connectivity index (χ1n) is 6.32. The van der Waals surface area contributed by atoms with Crippen LogP contribution in [-0.4, -0.2) is 45.3 Å². The van der Waals surface area contributed by atoms with Gasteiger partial charge in [-0.1, -0.05) is 29.3 Å². The molecule has 1 aliphatic heterocycles. The molecule has 1 fully saturated rings. The predicted octanol–water partition coefficient (Wildman–Crippen LogP) is 0.638. The lowest BCUT2D eigenvalue weighted by atomic mass is 10.2. The average molecular weight is 304 g/mol. The van der Waals surface area contributed by atoms with E-state index in [4.69, 9.17) is 27.9 Å². The van der Waals surface area contributed by atoms with E-state index in [1.54, 1.807) is 18.2 Å². The zero-order chi connectivity index (χ0) is 13.7. The minimum absolute atomic E-state index is 0.219. The number of quaternary nitrogens is 1. The predicted molar refractivity (Wildman–Crippen MR) is 75.2 cm³/mol. The summed E-state index contributed by atoms with van der Waals surface area (Å²) in [5.41, 5.74) is 0.350. The third-order valence-corrected chi connectivity index (χ3v) is 3.78. The van der Waals surface area contributed by atoms with Crippen LogP contribution in [0.25, 0.3) is 0 Å². The number of amides is 1. The summed E-state index contributed by atoms with van der Waals surface area (Å²) in [4.78, 5) is 13.5. The first kappa shape index (κ1) is 14.6. The summed E-state index contributed by atoms with van der Waals surface area (Å²) in [5, 5.41) is 3.62. The third kappa shape index (κ3) is 4.08. The van der Waals surface area contributed by atoms with E-state index in [9.17, 15) is 4.79 Å². The lowest BCUT2D eigenvalue weighted by Gasteiger charge is -2.23. The molecule has 0 saturated carbocycles. The molecule has 2 N–H and O–H groups in total. The van der Waals surface area contributed by atoms with Crippen LogP contribution in [0, 0.1) is 0 Å². The second-order valence-corrected chi connectivity index (χ2v) is 5.28. The molecule has 0 atom stereocenters. The maximum Gasteiger partial charge on any atom is 0.254 e. The molecule has 0 bridgehead atoms. The summed E-state index contributed by atoms with van der Waals surface area (Å²) in [6.45, 7) is 5.05. The molecular weight excluding hydrogens is 287 g/mol. The minimum Gasteiger partial charge on any atom is -0.370 e. The Morgan fingerprint density at radius 2 is 1.89 bits per heavy atom. The number of carbonyl (C=O) groups excluding carboxylic acids is 1. The number of hydrogen-bond acceptors (Lipinski definition) is 2. The van der Waals surface area contributed by atoms with Crippen molar-refractivity contribution in [1.29, 1.82) is 0 Å². The Kier molecular flexibility index (Phi) is 5.45. The van der Waals surface area contributed by atoms with Gasteiger partial charge in [0, 0.05) is 0 Å². The molecule has 0 unspecified atom stereocenters. The number of rotatable bonds is 4. The van der Waals surface area contributed by atoms with Crippen LogP contribution in [0.5, 0.6) is 0 Å². The first-order valence-corrected chi connectivity index (χ1v) is 7.07. The maximum atomic E-state index is 12.0. The molecule has 1 saturated heterocycles. The van der Waals surface area contributed by atoms with Crippen molar-refractivity contribution in [3.05, 3.63) is 33.8 Å². The van der Waals surface area contributed by atoms with Crippen LogP contribution in [-0.2, 0) is 4.74 Å². The van der Waals surface area contributed by atoms with E-state index in [-0.39, 0.29) is 5.91 Å². The van der Waals surface area contributed by atoms with Crippen LogP contribution in [0.3, 0.4) is 0 Å². The molecular formula is C13H17Cl2N2O2+. The van der Waals surface area contributed by atoms with Gasteiger partial charge in [-0.05, 0) is 12.1 Å². The number of nitrogens with one attached hydrogen (secondary N) is 2. The van der Waals surface area contributed by atoms with Gasteiger partial charge in [0.1, 0.15) is 13.1 Å². The average Bonchev–Trinajstić information content (AvgIpc) is 2.40. The number of carbonyl (C=O) groups is 1. The van der Waals surface area contributed by atoms with Crippen molar-refractivity contribution in [3.8, 4) is 0 Å². The van der Waals surface area contributed by atoms with Gasteiger partial charge in [-0.15, -0.1) is 0 Å². The molecule has 0 radical (unpaired) electrons. The molecule has 6 heteroatoms. The first-order chi connectivity index (χ1) is 9.18. The summed E-state index contributed by atoms with van der Waals surface area (Å²) in [6.07, 6.45) is 0.